The Morgan fingerprint density at radius 2 is 0.867 bits per heavy atom. The van der Waals surface area contributed by atoms with E-state index in [4.69, 9.17) is 0 Å². The zero-order chi connectivity index (χ0) is 21.4. The molecule has 0 atom stereocenters. The third-order valence-electron chi connectivity index (χ3n) is 3.61. The van der Waals surface area contributed by atoms with Crippen molar-refractivity contribution in [2.45, 2.75) is 19.6 Å². The van der Waals surface area contributed by atoms with E-state index in [0.717, 1.165) is 39.3 Å². The van der Waals surface area contributed by atoms with Crippen LogP contribution in [0.1, 0.15) is 0 Å². The Morgan fingerprint density at radius 3 is 1.07 bits per heavy atom. The molecule has 30 heavy (non-hydrogen) atoms. The summed E-state index contributed by atoms with van der Waals surface area (Å²) < 4.78 is 65.1. The zero-order valence-corrected chi connectivity index (χ0v) is 18.0. The number of nitrogens with zero attached hydrogens (tertiary/aromatic N) is 7. The molecule has 174 valence electrons. The third kappa shape index (κ3) is 14.3. The number of hydrogen-bond donors (Lipinski definition) is 0. The summed E-state index contributed by atoms with van der Waals surface area (Å²) in [4.78, 5) is 2.42. The molecule has 0 aliphatic heterocycles. The van der Waals surface area contributed by atoms with E-state index in [1.54, 1.807) is 0 Å². The molecule has 3 aromatic heterocycles. The summed E-state index contributed by atoms with van der Waals surface area (Å²) >= 11 is 0. The molecule has 3 rings (SSSR count). The molecule has 0 saturated carbocycles. The molecule has 0 amide bonds. The van der Waals surface area contributed by atoms with Gasteiger partial charge in [-0.2, -0.15) is 15.3 Å². The summed E-state index contributed by atoms with van der Waals surface area (Å²) in [5, 5.41) is 12.8. The molecule has 0 radical (unpaired) electrons. The molecule has 15 heteroatoms. The second kappa shape index (κ2) is 10.1. The number of aromatic nitrogens is 6. The van der Waals surface area contributed by atoms with Gasteiger partial charge in [0.25, 0.3) is 0 Å². The molecule has 0 fully saturated rings. The maximum atomic E-state index is 9.87. The summed E-state index contributed by atoms with van der Waals surface area (Å²) in [5.41, 5.74) is 0. The number of rotatable bonds is 9. The Hall–Kier alpha value is -1.66. The summed E-state index contributed by atoms with van der Waals surface area (Å²) in [6.07, 6.45) is 11.4. The van der Waals surface area contributed by atoms with E-state index in [0.29, 0.717) is 0 Å². The molecule has 0 N–H and O–H groups in total. The number of halogens is 6. The van der Waals surface area contributed by atoms with Gasteiger partial charge in [-0.1, -0.05) is 0 Å². The molecule has 3 aromatic rings. The first-order chi connectivity index (χ1) is 13.3. The van der Waals surface area contributed by atoms with Gasteiger partial charge in [-0.25, -0.2) is 0 Å². The quantitative estimate of drug-likeness (QED) is 0.225. The van der Waals surface area contributed by atoms with Crippen molar-refractivity contribution >= 4 is 7.81 Å². The van der Waals surface area contributed by atoms with Crippen LogP contribution in [0.3, 0.4) is 0 Å². The molecule has 0 saturated heterocycles. The molecule has 0 spiro atoms. The fourth-order valence-corrected chi connectivity index (χ4v) is 2.37. The van der Waals surface area contributed by atoms with Crippen LogP contribution in [0.25, 0.3) is 0 Å². The van der Waals surface area contributed by atoms with Gasteiger partial charge in [-0.15, -0.1) is 0 Å². The van der Waals surface area contributed by atoms with Crippen LogP contribution in [-0.4, -0.2) is 53.9 Å². The van der Waals surface area contributed by atoms with Crippen molar-refractivity contribution in [3.05, 3.63) is 55.4 Å². The minimum Gasteiger partial charge on any atom is -0.298 e. The smallest absolute Gasteiger partial charge is 0.298 e. The van der Waals surface area contributed by atoms with Gasteiger partial charge in [-0.3, -0.25) is 18.9 Å². The van der Waals surface area contributed by atoms with Gasteiger partial charge in [0.15, 0.2) is 0 Å². The monoisotopic (exact) mass is 551 g/mol. The molecule has 3 heterocycles. The van der Waals surface area contributed by atoms with Crippen LogP contribution in [-0.2, 0) is 42.0 Å². The summed E-state index contributed by atoms with van der Waals surface area (Å²) in [7, 11) is -10.7. The normalized spacial score (nSPS) is 13.7. The Balaban J connectivity index is 0.000000489. The minimum atomic E-state index is -10.7. The zero-order valence-electron chi connectivity index (χ0n) is 15.6. The Bertz CT molecular complexity index is 721. The summed E-state index contributed by atoms with van der Waals surface area (Å²) in [6, 6.07) is 5.87. The molecule has 0 bridgehead atoms. The molecule has 0 aliphatic carbocycles. The molecular weight excluding hydrogens is 531 g/mol. The first-order valence-electron chi connectivity index (χ1n) is 8.56. The Labute approximate surface area is 184 Å². The fourth-order valence-electron chi connectivity index (χ4n) is 2.37. The third-order valence-corrected chi connectivity index (χ3v) is 3.61. The van der Waals surface area contributed by atoms with Crippen LogP contribution in [0.5, 0.6) is 0 Å². The first kappa shape index (κ1) is 26.4. The topological polar surface area (TPSA) is 56.7 Å². The second-order valence-electron chi connectivity index (χ2n) is 6.11. The van der Waals surface area contributed by atoms with Crippen LogP contribution in [0.15, 0.2) is 55.4 Å². The SMILES string of the molecule is F[P-](F)(F)(F)(F)F.[Ag+].c1cnn(CCN(CCn2cccn2)CCn2cccn2)c1. The van der Waals surface area contributed by atoms with Crippen molar-refractivity contribution in [3.63, 3.8) is 0 Å². The van der Waals surface area contributed by atoms with E-state index in [1.807, 2.05) is 69.4 Å². The standard InChI is InChI=1S/C15H21N7.Ag.F6P/c1-4-16-20(7-1)13-10-19(11-14-21-8-2-5-17-21)12-15-22-9-3-6-18-22;;1-7(2,3,4,5)6/h1-9H,10-15H2;;/q;+1;-1. The average molecular weight is 552 g/mol. The van der Waals surface area contributed by atoms with Crippen LogP contribution in [0.4, 0.5) is 25.2 Å². The summed E-state index contributed by atoms with van der Waals surface area (Å²) in [5.74, 6) is 0. The van der Waals surface area contributed by atoms with Crippen LogP contribution in [0, 0.1) is 0 Å². The molecule has 0 aromatic carbocycles. The molecule has 0 aliphatic rings. The number of hydrogen-bond acceptors (Lipinski definition) is 4. The van der Waals surface area contributed by atoms with Crippen LogP contribution >= 0.6 is 7.81 Å². The van der Waals surface area contributed by atoms with Gasteiger partial charge in [0.2, 0.25) is 0 Å². The fraction of sp³-hybridized carbons (Fsp3) is 0.400. The maximum Gasteiger partial charge on any atom is 1.00 e. The van der Waals surface area contributed by atoms with E-state index < -0.39 is 7.81 Å². The Kier molecular flexibility index (Phi) is 8.88. The van der Waals surface area contributed by atoms with Crippen molar-refractivity contribution in [1.29, 1.82) is 0 Å². The largest absolute Gasteiger partial charge is 1.00 e. The van der Waals surface area contributed by atoms with E-state index in [9.17, 15) is 25.2 Å². The van der Waals surface area contributed by atoms with Gasteiger partial charge in [0.05, 0.1) is 19.6 Å². The van der Waals surface area contributed by atoms with Gasteiger partial charge in [0, 0.05) is 56.8 Å². The van der Waals surface area contributed by atoms with E-state index >= 15 is 0 Å². The minimum absolute atomic E-state index is 0. The molecule has 0 unspecified atom stereocenters. The van der Waals surface area contributed by atoms with E-state index in [2.05, 4.69) is 20.2 Å². The van der Waals surface area contributed by atoms with Gasteiger partial charge in [0.1, 0.15) is 0 Å². The van der Waals surface area contributed by atoms with Gasteiger partial charge >= 0.3 is 55.4 Å². The predicted octanol–water partition coefficient (Wildman–Crippen LogP) is 4.36. The van der Waals surface area contributed by atoms with Crippen molar-refractivity contribution in [1.82, 2.24) is 34.2 Å². The summed E-state index contributed by atoms with van der Waals surface area (Å²) in [6.45, 7) is 5.57. The second-order valence-corrected chi connectivity index (χ2v) is 8.02. The Morgan fingerprint density at radius 1 is 0.600 bits per heavy atom. The van der Waals surface area contributed by atoms with Gasteiger partial charge < -0.3 is 0 Å². The first-order valence-corrected chi connectivity index (χ1v) is 10.6. The maximum absolute atomic E-state index is 10.7. The average Bonchev–Trinajstić information content (AvgIpc) is 3.34. The molecular formula is C15H21AgF6N7P. The van der Waals surface area contributed by atoms with Crippen molar-refractivity contribution < 1.29 is 47.6 Å². The molecule has 7 nitrogen and oxygen atoms in total. The van der Waals surface area contributed by atoms with Crippen molar-refractivity contribution in [2.24, 2.45) is 0 Å². The van der Waals surface area contributed by atoms with Crippen molar-refractivity contribution in [3.8, 4) is 0 Å². The van der Waals surface area contributed by atoms with Crippen LogP contribution < -0.4 is 0 Å². The predicted molar refractivity (Wildman–Crippen MR) is 96.7 cm³/mol. The van der Waals surface area contributed by atoms with Crippen LogP contribution in [0.2, 0.25) is 0 Å². The van der Waals surface area contributed by atoms with E-state index in [1.165, 1.54) is 0 Å². The van der Waals surface area contributed by atoms with E-state index in [-0.39, 0.29) is 22.4 Å². The van der Waals surface area contributed by atoms with Gasteiger partial charge in [-0.05, 0) is 18.2 Å². The van der Waals surface area contributed by atoms with Crippen molar-refractivity contribution in [2.75, 3.05) is 19.6 Å².